The fraction of sp³-hybridized carbons (Fsp3) is 0.588. The van der Waals surface area contributed by atoms with Gasteiger partial charge in [0.1, 0.15) is 18.2 Å². The van der Waals surface area contributed by atoms with E-state index >= 15 is 0 Å². The van der Waals surface area contributed by atoms with E-state index in [1.807, 2.05) is 20.8 Å². The van der Waals surface area contributed by atoms with Crippen LogP contribution in [-0.2, 0) is 11.3 Å². The van der Waals surface area contributed by atoms with Crippen LogP contribution in [0.3, 0.4) is 0 Å². The first-order valence-corrected chi connectivity index (χ1v) is 8.10. The molecule has 0 saturated carbocycles. The Kier molecular flexibility index (Phi) is 6.21. The van der Waals surface area contributed by atoms with Crippen molar-refractivity contribution >= 4 is 6.09 Å². The van der Waals surface area contributed by atoms with Gasteiger partial charge in [0, 0.05) is 30.7 Å². The van der Waals surface area contributed by atoms with Crippen molar-refractivity contribution in [2.45, 2.75) is 45.9 Å². The first-order chi connectivity index (χ1) is 11.0. The summed E-state index contributed by atoms with van der Waals surface area (Å²) in [4.78, 5) is 14.0. The normalized spacial score (nSPS) is 21.1. The molecule has 0 spiro atoms. The Morgan fingerprint density at radius 3 is 2.70 bits per heavy atom. The van der Waals surface area contributed by atoms with Crippen molar-refractivity contribution < 1.29 is 18.7 Å². The van der Waals surface area contributed by atoms with Gasteiger partial charge in [-0.05, 0) is 38.5 Å². The molecule has 5 nitrogen and oxygen atoms in total. The molecule has 1 N–H and O–H groups in total. The van der Waals surface area contributed by atoms with Gasteiger partial charge in [-0.3, -0.25) is 0 Å². The van der Waals surface area contributed by atoms with E-state index in [2.05, 4.69) is 5.32 Å². The molecule has 1 aliphatic heterocycles. The topological polar surface area (TPSA) is 50.8 Å². The van der Waals surface area contributed by atoms with Gasteiger partial charge < -0.3 is 19.7 Å². The van der Waals surface area contributed by atoms with E-state index < -0.39 is 11.9 Å². The summed E-state index contributed by atoms with van der Waals surface area (Å²) >= 11 is 0. The van der Waals surface area contributed by atoms with Crippen molar-refractivity contribution in [3.8, 4) is 5.75 Å². The standard InChI is InChI=1S/C17H25FN2O3/c1-4-7-22-15-5-6-16(18)14(8-15)11-23-17(21)20-12(2)9-19-10-13(20)3/h5-6,8,12-13,19H,4,7,9-11H2,1-3H3/t12-,13+. The number of carbonyl (C=O) groups excluding carboxylic acids is 1. The van der Waals surface area contributed by atoms with Crippen molar-refractivity contribution in [3.05, 3.63) is 29.6 Å². The summed E-state index contributed by atoms with van der Waals surface area (Å²) in [5, 5.41) is 3.25. The molecule has 0 radical (unpaired) electrons. The quantitative estimate of drug-likeness (QED) is 0.905. The van der Waals surface area contributed by atoms with E-state index in [9.17, 15) is 9.18 Å². The number of rotatable bonds is 5. The Morgan fingerprint density at radius 1 is 1.35 bits per heavy atom. The molecule has 1 aliphatic rings. The molecule has 23 heavy (non-hydrogen) atoms. The van der Waals surface area contributed by atoms with E-state index in [4.69, 9.17) is 9.47 Å². The summed E-state index contributed by atoms with van der Waals surface area (Å²) in [6.07, 6.45) is 0.464. The first kappa shape index (κ1) is 17.5. The number of carbonyl (C=O) groups is 1. The minimum Gasteiger partial charge on any atom is -0.494 e. The van der Waals surface area contributed by atoms with Gasteiger partial charge in [-0.15, -0.1) is 0 Å². The van der Waals surface area contributed by atoms with Crippen molar-refractivity contribution in [2.75, 3.05) is 19.7 Å². The molecule has 6 heteroatoms. The first-order valence-electron chi connectivity index (χ1n) is 8.10. The minimum atomic E-state index is -0.411. The summed E-state index contributed by atoms with van der Waals surface area (Å²) in [5.41, 5.74) is 0.322. The van der Waals surface area contributed by atoms with Gasteiger partial charge in [-0.1, -0.05) is 6.92 Å². The highest BCUT2D eigenvalue weighted by molar-refractivity contribution is 5.68. The van der Waals surface area contributed by atoms with Crippen LogP contribution < -0.4 is 10.1 Å². The second kappa shape index (κ2) is 8.15. The number of ether oxygens (including phenoxy) is 2. The zero-order chi connectivity index (χ0) is 16.8. The van der Waals surface area contributed by atoms with E-state index in [0.717, 1.165) is 19.5 Å². The predicted molar refractivity (Wildman–Crippen MR) is 86.0 cm³/mol. The summed E-state index contributed by atoms with van der Waals surface area (Å²) in [7, 11) is 0. The molecular weight excluding hydrogens is 299 g/mol. The maximum Gasteiger partial charge on any atom is 0.410 e. The van der Waals surface area contributed by atoms with Gasteiger partial charge in [0.2, 0.25) is 0 Å². The molecular formula is C17H25FN2O3. The number of hydrogen-bond donors (Lipinski definition) is 1. The molecule has 0 aromatic heterocycles. The lowest BCUT2D eigenvalue weighted by molar-refractivity contribution is 0.0557. The van der Waals surface area contributed by atoms with Gasteiger partial charge in [-0.2, -0.15) is 0 Å². The van der Waals surface area contributed by atoms with Crippen molar-refractivity contribution in [1.82, 2.24) is 10.2 Å². The summed E-state index contributed by atoms with van der Waals surface area (Å²) < 4.78 is 24.7. The van der Waals surface area contributed by atoms with Crippen LogP contribution in [0.4, 0.5) is 9.18 Å². The number of amides is 1. The van der Waals surface area contributed by atoms with Crippen LogP contribution >= 0.6 is 0 Å². The smallest absolute Gasteiger partial charge is 0.410 e. The summed E-state index contributed by atoms with van der Waals surface area (Å²) in [6.45, 7) is 7.86. The monoisotopic (exact) mass is 324 g/mol. The molecule has 1 aromatic rings. The Morgan fingerprint density at radius 2 is 2.04 bits per heavy atom. The van der Waals surface area contributed by atoms with Crippen molar-refractivity contribution in [1.29, 1.82) is 0 Å². The highest BCUT2D eigenvalue weighted by Gasteiger charge is 2.30. The lowest BCUT2D eigenvalue weighted by Crippen LogP contribution is -2.57. The van der Waals surface area contributed by atoms with Gasteiger partial charge in [-0.25, -0.2) is 9.18 Å². The Labute approximate surface area is 136 Å². The molecule has 2 atom stereocenters. The molecule has 1 saturated heterocycles. The van der Waals surface area contributed by atoms with Gasteiger partial charge in [0.05, 0.1) is 6.61 Å². The average Bonchev–Trinajstić information content (AvgIpc) is 2.52. The maximum atomic E-state index is 13.9. The second-order valence-electron chi connectivity index (χ2n) is 5.92. The summed E-state index contributed by atoms with van der Waals surface area (Å²) in [6, 6.07) is 4.61. The van der Waals surface area contributed by atoms with E-state index in [1.54, 1.807) is 17.0 Å². The van der Waals surface area contributed by atoms with E-state index in [-0.39, 0.29) is 18.7 Å². The largest absolute Gasteiger partial charge is 0.494 e. The fourth-order valence-electron chi connectivity index (χ4n) is 2.68. The maximum absolute atomic E-state index is 13.9. The van der Waals surface area contributed by atoms with Crippen LogP contribution in [0.2, 0.25) is 0 Å². The summed E-state index contributed by atoms with van der Waals surface area (Å²) in [5.74, 6) is 0.186. The molecule has 0 aliphatic carbocycles. The van der Waals surface area contributed by atoms with Crippen LogP contribution in [0.1, 0.15) is 32.8 Å². The van der Waals surface area contributed by atoms with Crippen LogP contribution in [0.5, 0.6) is 5.75 Å². The number of nitrogens with zero attached hydrogens (tertiary/aromatic N) is 1. The molecule has 1 fully saturated rings. The SMILES string of the molecule is CCCOc1ccc(F)c(COC(=O)N2[C@H](C)CNC[C@@H]2C)c1. The number of hydrogen-bond acceptors (Lipinski definition) is 4. The molecule has 1 amide bonds. The Balaban J connectivity index is 1.98. The Hall–Kier alpha value is -1.82. The number of piperazine rings is 1. The van der Waals surface area contributed by atoms with Gasteiger partial charge in [0.25, 0.3) is 0 Å². The number of halogens is 1. The predicted octanol–water partition coefficient (Wildman–Crippen LogP) is 2.93. The molecule has 128 valence electrons. The second-order valence-corrected chi connectivity index (χ2v) is 5.92. The van der Waals surface area contributed by atoms with Crippen molar-refractivity contribution in [2.24, 2.45) is 0 Å². The Bertz CT molecular complexity index is 529. The van der Waals surface area contributed by atoms with E-state index in [0.29, 0.717) is 17.9 Å². The minimum absolute atomic E-state index is 0.0512. The number of benzene rings is 1. The lowest BCUT2D eigenvalue weighted by atomic mass is 10.1. The van der Waals surface area contributed by atoms with E-state index in [1.165, 1.54) is 6.07 Å². The molecule has 2 rings (SSSR count). The third-order valence-electron chi connectivity index (χ3n) is 3.88. The van der Waals surface area contributed by atoms with Crippen LogP contribution in [0.25, 0.3) is 0 Å². The zero-order valence-electron chi connectivity index (χ0n) is 14.0. The van der Waals surface area contributed by atoms with Crippen molar-refractivity contribution in [3.63, 3.8) is 0 Å². The average molecular weight is 324 g/mol. The highest BCUT2D eigenvalue weighted by Crippen LogP contribution is 2.19. The number of nitrogens with one attached hydrogen (secondary N) is 1. The lowest BCUT2D eigenvalue weighted by Gasteiger charge is -2.38. The highest BCUT2D eigenvalue weighted by atomic mass is 19.1. The molecule has 1 heterocycles. The van der Waals surface area contributed by atoms with Crippen LogP contribution in [0.15, 0.2) is 18.2 Å². The fourth-order valence-corrected chi connectivity index (χ4v) is 2.68. The molecule has 1 aromatic carbocycles. The third-order valence-corrected chi connectivity index (χ3v) is 3.88. The molecule has 0 unspecified atom stereocenters. The molecule has 0 bridgehead atoms. The zero-order valence-corrected chi connectivity index (χ0v) is 14.0. The van der Waals surface area contributed by atoms with Crippen LogP contribution in [-0.4, -0.2) is 42.8 Å². The van der Waals surface area contributed by atoms with Crippen LogP contribution in [0, 0.1) is 5.82 Å². The third kappa shape index (κ3) is 4.58. The van der Waals surface area contributed by atoms with Gasteiger partial charge >= 0.3 is 6.09 Å². The van der Waals surface area contributed by atoms with Gasteiger partial charge in [0.15, 0.2) is 0 Å².